The van der Waals surface area contributed by atoms with Crippen molar-refractivity contribution in [2.75, 3.05) is 106 Å². The van der Waals surface area contributed by atoms with Crippen LogP contribution in [0, 0.1) is 0 Å². The number of hydrogen-bond acceptors (Lipinski definition) is 9. The molecule has 0 aromatic heterocycles. The second-order valence-electron chi connectivity index (χ2n) is 6.09. The normalized spacial score (nSPS) is 11.2. The van der Waals surface area contributed by atoms with E-state index >= 15 is 0 Å². The summed E-state index contributed by atoms with van der Waals surface area (Å²) >= 11 is 0. The maximum absolute atomic E-state index is 10.2. The van der Waals surface area contributed by atoms with E-state index in [4.69, 9.17) is 43.0 Å². The number of unbranched alkanes of at least 4 members (excludes halogenated alkanes) is 1. The Bertz CT molecular complexity index is 344. The number of carboxylic acids is 1. The van der Waals surface area contributed by atoms with Gasteiger partial charge in [-0.25, -0.2) is 4.79 Å². The first-order valence-corrected chi connectivity index (χ1v) is 10.6. The topological polar surface area (TPSA) is 111 Å². The van der Waals surface area contributed by atoms with E-state index in [1.807, 2.05) is 0 Å². The van der Waals surface area contributed by atoms with Crippen molar-refractivity contribution in [1.82, 2.24) is 0 Å². The summed E-state index contributed by atoms with van der Waals surface area (Å²) in [6.45, 7) is 9.47. The third-order valence-electron chi connectivity index (χ3n) is 3.47. The molecule has 0 aliphatic rings. The van der Waals surface area contributed by atoms with Crippen LogP contribution in [0.2, 0.25) is 0 Å². The highest BCUT2D eigenvalue weighted by molar-refractivity contribution is 5.67. The molecule has 0 aliphatic heterocycles. The summed E-state index contributed by atoms with van der Waals surface area (Å²) in [4.78, 5) is 10.2. The van der Waals surface area contributed by atoms with Crippen molar-refractivity contribution in [3.05, 3.63) is 0 Å². The second kappa shape index (κ2) is 26.2. The number of ether oxygens (including phenoxy) is 8. The van der Waals surface area contributed by atoms with Gasteiger partial charge >= 0.3 is 5.97 Å². The third kappa shape index (κ3) is 27.1. The van der Waals surface area contributed by atoms with E-state index in [9.17, 15) is 4.79 Å². The van der Waals surface area contributed by atoms with Gasteiger partial charge in [-0.05, 0) is 6.42 Å². The molecule has 0 heterocycles. The van der Waals surface area contributed by atoms with Crippen LogP contribution in [0.5, 0.6) is 0 Å². The summed E-state index contributed by atoms with van der Waals surface area (Å²) in [5, 5.41) is 8.38. The molecule has 0 rings (SSSR count). The molecule has 0 saturated heterocycles. The van der Waals surface area contributed by atoms with Crippen molar-refractivity contribution in [2.24, 2.45) is 0 Å². The molecular weight excluding hydrogens is 400 g/mol. The Hall–Kier alpha value is -0.850. The molecule has 1 N–H and O–H groups in total. The minimum absolute atomic E-state index is 0.253. The van der Waals surface area contributed by atoms with Crippen LogP contribution in [0.15, 0.2) is 0 Å². The van der Waals surface area contributed by atoms with E-state index in [-0.39, 0.29) is 13.2 Å². The Labute approximate surface area is 180 Å². The molecule has 0 unspecified atom stereocenters. The molecule has 0 fully saturated rings. The molecule has 0 amide bonds. The molecule has 30 heavy (non-hydrogen) atoms. The zero-order valence-electron chi connectivity index (χ0n) is 18.3. The summed E-state index contributed by atoms with van der Waals surface area (Å²) in [6, 6.07) is 0. The van der Waals surface area contributed by atoms with Gasteiger partial charge in [0.05, 0.1) is 92.5 Å². The molecule has 0 radical (unpaired) electrons. The fourth-order valence-electron chi connectivity index (χ4n) is 1.95. The van der Waals surface area contributed by atoms with Crippen LogP contribution in [-0.4, -0.2) is 117 Å². The molecule has 0 aliphatic carbocycles. The zero-order valence-corrected chi connectivity index (χ0v) is 18.3. The monoisotopic (exact) mass is 440 g/mol. The van der Waals surface area contributed by atoms with Crippen LogP contribution in [0.25, 0.3) is 0 Å². The fraction of sp³-hybridized carbons (Fsp3) is 0.950. The van der Waals surface area contributed by atoms with E-state index in [0.29, 0.717) is 85.9 Å². The van der Waals surface area contributed by atoms with Crippen LogP contribution in [0.1, 0.15) is 19.8 Å². The summed E-state index contributed by atoms with van der Waals surface area (Å²) in [6.07, 6.45) is 2.23. The highest BCUT2D eigenvalue weighted by Gasteiger charge is 1.97. The lowest BCUT2D eigenvalue weighted by molar-refractivity contribution is -0.142. The van der Waals surface area contributed by atoms with Crippen LogP contribution < -0.4 is 0 Å². The number of hydrogen-bond donors (Lipinski definition) is 1. The van der Waals surface area contributed by atoms with Crippen molar-refractivity contribution >= 4 is 5.97 Å². The van der Waals surface area contributed by atoms with Crippen molar-refractivity contribution in [2.45, 2.75) is 19.8 Å². The molecule has 0 bridgehead atoms. The van der Waals surface area contributed by atoms with Gasteiger partial charge in [-0.3, -0.25) is 0 Å². The predicted molar refractivity (Wildman–Crippen MR) is 109 cm³/mol. The van der Waals surface area contributed by atoms with E-state index in [2.05, 4.69) is 6.92 Å². The average molecular weight is 441 g/mol. The van der Waals surface area contributed by atoms with Gasteiger partial charge in [-0.15, -0.1) is 0 Å². The SMILES string of the molecule is CCCCOCCOCCOCCOCCOCCOCCOCCOCC(=O)O. The lowest BCUT2D eigenvalue weighted by atomic mass is 10.4. The first kappa shape index (κ1) is 29.1. The summed E-state index contributed by atoms with van der Waals surface area (Å²) in [7, 11) is 0. The van der Waals surface area contributed by atoms with Gasteiger partial charge in [0.15, 0.2) is 0 Å². The molecular formula is C20H40O10. The largest absolute Gasteiger partial charge is 0.480 e. The number of rotatable bonds is 26. The Balaban J connectivity index is 2.99. The Kier molecular flexibility index (Phi) is 25.4. The Morgan fingerprint density at radius 2 is 0.767 bits per heavy atom. The summed E-state index contributed by atoms with van der Waals surface area (Å²) in [5.74, 6) is -0.988. The standard InChI is InChI=1S/C20H40O10/c1-2-3-4-23-5-6-24-7-8-25-9-10-26-11-12-27-13-14-28-15-16-29-17-18-30-19-20(21)22/h2-19H2,1H3,(H,21,22). The molecule has 0 aromatic rings. The predicted octanol–water partition coefficient (Wildman–Crippen LogP) is 1.00. The van der Waals surface area contributed by atoms with E-state index in [1.54, 1.807) is 0 Å². The minimum atomic E-state index is -0.988. The second-order valence-corrected chi connectivity index (χ2v) is 6.09. The maximum atomic E-state index is 10.2. The van der Waals surface area contributed by atoms with Gasteiger partial charge < -0.3 is 43.0 Å². The number of carboxylic acid groups (broad SMARTS) is 1. The first-order valence-electron chi connectivity index (χ1n) is 10.6. The Morgan fingerprint density at radius 1 is 0.500 bits per heavy atom. The molecule has 0 atom stereocenters. The van der Waals surface area contributed by atoms with Gasteiger partial charge in [0.1, 0.15) is 6.61 Å². The lowest BCUT2D eigenvalue weighted by Gasteiger charge is -2.08. The van der Waals surface area contributed by atoms with E-state index < -0.39 is 5.97 Å². The Morgan fingerprint density at radius 3 is 1.03 bits per heavy atom. The molecule has 180 valence electrons. The van der Waals surface area contributed by atoms with Crippen LogP contribution in [-0.2, 0) is 42.7 Å². The van der Waals surface area contributed by atoms with Gasteiger partial charge in [0.2, 0.25) is 0 Å². The molecule has 0 spiro atoms. The maximum Gasteiger partial charge on any atom is 0.329 e. The van der Waals surface area contributed by atoms with Crippen molar-refractivity contribution in [1.29, 1.82) is 0 Å². The van der Waals surface area contributed by atoms with Gasteiger partial charge in [0.25, 0.3) is 0 Å². The molecule has 10 nitrogen and oxygen atoms in total. The average Bonchev–Trinajstić information content (AvgIpc) is 2.73. The zero-order chi connectivity index (χ0) is 22.0. The van der Waals surface area contributed by atoms with Crippen LogP contribution in [0.3, 0.4) is 0 Å². The van der Waals surface area contributed by atoms with Crippen molar-refractivity contribution in [3.63, 3.8) is 0 Å². The minimum Gasteiger partial charge on any atom is -0.480 e. The van der Waals surface area contributed by atoms with Crippen LogP contribution in [0.4, 0.5) is 0 Å². The molecule has 0 aromatic carbocycles. The first-order chi connectivity index (χ1) is 14.8. The quantitative estimate of drug-likeness (QED) is 0.196. The van der Waals surface area contributed by atoms with Crippen molar-refractivity contribution in [3.8, 4) is 0 Å². The van der Waals surface area contributed by atoms with Crippen molar-refractivity contribution < 1.29 is 47.8 Å². The smallest absolute Gasteiger partial charge is 0.329 e. The fourth-order valence-corrected chi connectivity index (χ4v) is 1.95. The third-order valence-corrected chi connectivity index (χ3v) is 3.47. The highest BCUT2D eigenvalue weighted by atomic mass is 16.6. The number of aliphatic carboxylic acids is 1. The van der Waals surface area contributed by atoms with E-state index in [0.717, 1.165) is 19.4 Å². The van der Waals surface area contributed by atoms with Gasteiger partial charge in [-0.2, -0.15) is 0 Å². The van der Waals surface area contributed by atoms with Gasteiger partial charge in [-0.1, -0.05) is 13.3 Å². The highest BCUT2D eigenvalue weighted by Crippen LogP contribution is 1.88. The number of carbonyl (C=O) groups is 1. The lowest BCUT2D eigenvalue weighted by Crippen LogP contribution is -2.15. The molecule has 0 saturated carbocycles. The van der Waals surface area contributed by atoms with Crippen LogP contribution >= 0.6 is 0 Å². The van der Waals surface area contributed by atoms with E-state index in [1.165, 1.54) is 0 Å². The van der Waals surface area contributed by atoms with Gasteiger partial charge in [0, 0.05) is 6.61 Å². The summed E-state index contributed by atoms with van der Waals surface area (Å²) < 4.78 is 42.4. The summed E-state index contributed by atoms with van der Waals surface area (Å²) in [5.41, 5.74) is 0. The molecule has 10 heteroatoms.